The van der Waals surface area contributed by atoms with Gasteiger partial charge in [-0.05, 0) is 19.1 Å². The van der Waals surface area contributed by atoms with Crippen LogP contribution >= 0.6 is 0 Å². The number of nitrogens with one attached hydrogen (secondary N) is 1. The van der Waals surface area contributed by atoms with E-state index in [-0.39, 0.29) is 5.97 Å². The van der Waals surface area contributed by atoms with Crippen LogP contribution in [0.3, 0.4) is 0 Å². The van der Waals surface area contributed by atoms with E-state index in [1.54, 1.807) is 13.0 Å². The lowest BCUT2D eigenvalue weighted by Gasteiger charge is -1.94. The molecule has 0 unspecified atom stereocenters. The van der Waals surface area contributed by atoms with Crippen molar-refractivity contribution in [2.24, 2.45) is 0 Å². The molecule has 82 valence electrons. The number of benzene rings is 1. The minimum atomic E-state index is -0.312. The number of H-pyrrole nitrogens is 1. The number of ether oxygens (including phenoxy) is 1. The van der Waals surface area contributed by atoms with Crippen LogP contribution in [0.4, 0.5) is 0 Å². The Bertz CT molecular complexity index is 525. The average Bonchev–Trinajstić information content (AvgIpc) is 2.70. The van der Waals surface area contributed by atoms with Gasteiger partial charge in [-0.15, -0.1) is 0 Å². The second-order valence-electron chi connectivity index (χ2n) is 3.37. The summed E-state index contributed by atoms with van der Waals surface area (Å²) in [6.45, 7) is 2.19. The fourth-order valence-electron chi connectivity index (χ4n) is 1.58. The van der Waals surface area contributed by atoms with Crippen LogP contribution in [-0.4, -0.2) is 17.6 Å². The number of rotatable bonds is 3. The van der Waals surface area contributed by atoms with Crippen molar-refractivity contribution in [3.8, 4) is 0 Å². The first-order valence-corrected chi connectivity index (χ1v) is 5.22. The van der Waals surface area contributed by atoms with Crippen molar-refractivity contribution in [1.29, 1.82) is 0 Å². The van der Waals surface area contributed by atoms with Crippen molar-refractivity contribution in [1.82, 2.24) is 4.98 Å². The number of aromatic nitrogens is 1. The second kappa shape index (κ2) is 4.66. The van der Waals surface area contributed by atoms with Crippen molar-refractivity contribution >= 4 is 22.9 Å². The number of esters is 1. The molecule has 0 fully saturated rings. The molecule has 0 bridgehead atoms. The number of hydrogen-bond acceptors (Lipinski definition) is 2. The molecular weight excluding hydrogens is 202 g/mol. The SMILES string of the molecule is CCOC(=O)/C=C/c1c[nH]c2ccccc12. The Kier molecular flexibility index (Phi) is 3.05. The van der Waals surface area contributed by atoms with Gasteiger partial charge in [0.1, 0.15) is 0 Å². The molecule has 0 saturated heterocycles. The lowest BCUT2D eigenvalue weighted by molar-refractivity contribution is -0.137. The summed E-state index contributed by atoms with van der Waals surface area (Å²) in [5, 5.41) is 1.10. The van der Waals surface area contributed by atoms with E-state index in [9.17, 15) is 4.79 Å². The van der Waals surface area contributed by atoms with Crippen LogP contribution in [0.15, 0.2) is 36.5 Å². The van der Waals surface area contributed by atoms with E-state index in [0.29, 0.717) is 6.61 Å². The Balaban J connectivity index is 2.24. The third kappa shape index (κ3) is 2.14. The first-order valence-electron chi connectivity index (χ1n) is 5.22. The number of carbonyl (C=O) groups is 1. The number of para-hydroxylation sites is 1. The maximum atomic E-state index is 11.2. The minimum absolute atomic E-state index is 0.312. The third-order valence-corrected chi connectivity index (χ3v) is 2.31. The van der Waals surface area contributed by atoms with E-state index in [1.165, 1.54) is 6.08 Å². The summed E-state index contributed by atoms with van der Waals surface area (Å²) in [4.78, 5) is 14.3. The highest BCUT2D eigenvalue weighted by molar-refractivity contribution is 5.93. The van der Waals surface area contributed by atoms with Gasteiger partial charge in [-0.25, -0.2) is 4.79 Å². The molecule has 0 saturated carbocycles. The topological polar surface area (TPSA) is 42.1 Å². The molecule has 3 nitrogen and oxygen atoms in total. The Morgan fingerprint density at radius 3 is 3.06 bits per heavy atom. The highest BCUT2D eigenvalue weighted by atomic mass is 16.5. The number of carbonyl (C=O) groups excluding carboxylic acids is 1. The first-order chi connectivity index (χ1) is 7.81. The molecule has 1 aromatic carbocycles. The average molecular weight is 215 g/mol. The monoisotopic (exact) mass is 215 g/mol. The van der Waals surface area contributed by atoms with Gasteiger partial charge >= 0.3 is 5.97 Å². The van der Waals surface area contributed by atoms with Crippen molar-refractivity contribution < 1.29 is 9.53 Å². The summed E-state index contributed by atoms with van der Waals surface area (Å²) in [7, 11) is 0. The van der Waals surface area contributed by atoms with E-state index in [4.69, 9.17) is 4.74 Å². The van der Waals surface area contributed by atoms with Crippen LogP contribution in [0, 0.1) is 0 Å². The van der Waals surface area contributed by atoms with Crippen LogP contribution in [0.2, 0.25) is 0 Å². The largest absolute Gasteiger partial charge is 0.463 e. The summed E-state index contributed by atoms with van der Waals surface area (Å²) in [6, 6.07) is 7.95. The standard InChI is InChI=1S/C13H13NO2/c1-2-16-13(15)8-7-10-9-14-12-6-4-3-5-11(10)12/h3-9,14H,2H2,1H3/b8-7+. The van der Waals surface area contributed by atoms with E-state index in [0.717, 1.165) is 16.5 Å². The van der Waals surface area contributed by atoms with Gasteiger partial charge in [0.2, 0.25) is 0 Å². The van der Waals surface area contributed by atoms with Gasteiger partial charge in [0, 0.05) is 28.7 Å². The highest BCUT2D eigenvalue weighted by Crippen LogP contribution is 2.18. The zero-order valence-electron chi connectivity index (χ0n) is 9.07. The molecule has 2 aromatic rings. The van der Waals surface area contributed by atoms with Crippen molar-refractivity contribution in [2.75, 3.05) is 6.61 Å². The third-order valence-electron chi connectivity index (χ3n) is 2.31. The fraction of sp³-hybridized carbons (Fsp3) is 0.154. The molecule has 3 heteroatoms. The van der Waals surface area contributed by atoms with Gasteiger partial charge in [0.25, 0.3) is 0 Å². The molecule has 1 aromatic heterocycles. The maximum Gasteiger partial charge on any atom is 0.330 e. The molecule has 0 aliphatic carbocycles. The molecule has 0 aliphatic heterocycles. The number of hydrogen-bond donors (Lipinski definition) is 1. The zero-order valence-corrected chi connectivity index (χ0v) is 9.07. The predicted molar refractivity (Wildman–Crippen MR) is 64.0 cm³/mol. The molecule has 0 radical (unpaired) electrons. The molecular formula is C13H13NO2. The smallest absolute Gasteiger partial charge is 0.330 e. The fourth-order valence-corrected chi connectivity index (χ4v) is 1.58. The van der Waals surface area contributed by atoms with Crippen LogP contribution in [-0.2, 0) is 9.53 Å². The summed E-state index contributed by atoms with van der Waals surface area (Å²) in [5.41, 5.74) is 2.05. The van der Waals surface area contributed by atoms with E-state index in [1.807, 2.05) is 30.5 Å². The molecule has 0 amide bonds. The Hall–Kier alpha value is -2.03. The van der Waals surface area contributed by atoms with Gasteiger partial charge < -0.3 is 9.72 Å². The molecule has 2 rings (SSSR count). The van der Waals surface area contributed by atoms with Crippen molar-refractivity contribution in [2.45, 2.75) is 6.92 Å². The summed E-state index contributed by atoms with van der Waals surface area (Å²) in [5.74, 6) is -0.312. The zero-order chi connectivity index (χ0) is 11.4. The van der Waals surface area contributed by atoms with Crippen molar-refractivity contribution in [3.05, 3.63) is 42.1 Å². The lowest BCUT2D eigenvalue weighted by atomic mass is 10.1. The Morgan fingerprint density at radius 1 is 1.44 bits per heavy atom. The maximum absolute atomic E-state index is 11.2. The first kappa shape index (κ1) is 10.5. The minimum Gasteiger partial charge on any atom is -0.463 e. The molecule has 0 spiro atoms. The summed E-state index contributed by atoms with van der Waals surface area (Å²) < 4.78 is 4.82. The van der Waals surface area contributed by atoms with Gasteiger partial charge in [0.15, 0.2) is 0 Å². The quantitative estimate of drug-likeness (QED) is 0.631. The molecule has 0 atom stereocenters. The normalized spacial score (nSPS) is 11.1. The van der Waals surface area contributed by atoms with Crippen LogP contribution in [0.25, 0.3) is 17.0 Å². The Morgan fingerprint density at radius 2 is 2.25 bits per heavy atom. The van der Waals surface area contributed by atoms with E-state index in [2.05, 4.69) is 4.98 Å². The van der Waals surface area contributed by atoms with E-state index >= 15 is 0 Å². The van der Waals surface area contributed by atoms with Gasteiger partial charge in [-0.3, -0.25) is 0 Å². The molecule has 1 heterocycles. The summed E-state index contributed by atoms with van der Waals surface area (Å²) >= 11 is 0. The lowest BCUT2D eigenvalue weighted by Crippen LogP contribution is -1.98. The van der Waals surface area contributed by atoms with Crippen LogP contribution < -0.4 is 0 Å². The van der Waals surface area contributed by atoms with E-state index < -0.39 is 0 Å². The predicted octanol–water partition coefficient (Wildman–Crippen LogP) is 2.74. The van der Waals surface area contributed by atoms with Crippen LogP contribution in [0.1, 0.15) is 12.5 Å². The number of aromatic amines is 1. The van der Waals surface area contributed by atoms with Gasteiger partial charge in [-0.2, -0.15) is 0 Å². The molecule has 16 heavy (non-hydrogen) atoms. The van der Waals surface area contributed by atoms with Gasteiger partial charge in [-0.1, -0.05) is 18.2 Å². The Labute approximate surface area is 93.7 Å². The number of fused-ring (bicyclic) bond motifs is 1. The summed E-state index contributed by atoms with van der Waals surface area (Å²) in [6.07, 6.45) is 5.08. The van der Waals surface area contributed by atoms with Crippen molar-refractivity contribution in [3.63, 3.8) is 0 Å². The van der Waals surface area contributed by atoms with Gasteiger partial charge in [0.05, 0.1) is 6.61 Å². The highest BCUT2D eigenvalue weighted by Gasteiger charge is 2.00. The molecule has 0 aliphatic rings. The second-order valence-corrected chi connectivity index (χ2v) is 3.37. The molecule has 1 N–H and O–H groups in total. The van der Waals surface area contributed by atoms with Crippen LogP contribution in [0.5, 0.6) is 0 Å².